The van der Waals surface area contributed by atoms with Gasteiger partial charge in [0.1, 0.15) is 6.61 Å². The summed E-state index contributed by atoms with van der Waals surface area (Å²) in [6, 6.07) is 9.50. The first-order valence-electron chi connectivity index (χ1n) is 7.24. The predicted octanol–water partition coefficient (Wildman–Crippen LogP) is 1.77. The van der Waals surface area contributed by atoms with E-state index in [-0.39, 0.29) is 31.0 Å². The van der Waals surface area contributed by atoms with E-state index < -0.39 is 5.97 Å². The fourth-order valence-electron chi connectivity index (χ4n) is 2.75. The van der Waals surface area contributed by atoms with Gasteiger partial charge in [-0.05, 0) is 11.5 Å². The lowest BCUT2D eigenvalue weighted by molar-refractivity contribution is -0.147. The largest absolute Gasteiger partial charge is 0.481 e. The zero-order chi connectivity index (χ0) is 15.2. The number of rotatable bonds is 6. The number of carbonyl (C=O) groups excluding carboxylic acids is 1. The van der Waals surface area contributed by atoms with Crippen molar-refractivity contribution in [1.29, 1.82) is 0 Å². The van der Waals surface area contributed by atoms with E-state index in [0.717, 1.165) is 12.0 Å². The van der Waals surface area contributed by atoms with Gasteiger partial charge in [-0.2, -0.15) is 0 Å². The van der Waals surface area contributed by atoms with Crippen molar-refractivity contribution in [3.8, 4) is 0 Å². The van der Waals surface area contributed by atoms with Crippen molar-refractivity contribution >= 4 is 11.9 Å². The summed E-state index contributed by atoms with van der Waals surface area (Å²) in [6.45, 7) is 3.47. The van der Waals surface area contributed by atoms with Crippen molar-refractivity contribution in [3.63, 3.8) is 0 Å². The molecule has 0 saturated carbocycles. The van der Waals surface area contributed by atoms with Crippen LogP contribution in [0.15, 0.2) is 30.3 Å². The molecule has 5 nitrogen and oxygen atoms in total. The van der Waals surface area contributed by atoms with Crippen LogP contribution in [0.5, 0.6) is 0 Å². The molecule has 0 unspecified atom stereocenters. The number of aliphatic carboxylic acids is 1. The number of hydrogen-bond donors (Lipinski definition) is 1. The summed E-state index contributed by atoms with van der Waals surface area (Å²) in [5, 5.41) is 9.18. The Bertz CT molecular complexity index is 488. The van der Waals surface area contributed by atoms with Gasteiger partial charge in [0.25, 0.3) is 0 Å². The minimum atomic E-state index is -0.776. The smallest absolute Gasteiger partial charge is 0.320 e. The molecule has 1 saturated heterocycles. The fourth-order valence-corrected chi connectivity index (χ4v) is 2.75. The highest BCUT2D eigenvalue weighted by molar-refractivity contribution is 5.73. The van der Waals surface area contributed by atoms with E-state index in [1.54, 1.807) is 0 Å². The lowest BCUT2D eigenvalue weighted by Gasteiger charge is -2.14. The number of ether oxygens (including phenoxy) is 1. The van der Waals surface area contributed by atoms with Gasteiger partial charge in [-0.3, -0.25) is 14.5 Å². The SMILES string of the molecule is CC[C@@H]1CN(CC(=O)OCc2ccccc2)C[C@@H]1C(=O)O. The van der Waals surface area contributed by atoms with Crippen molar-refractivity contribution in [2.24, 2.45) is 11.8 Å². The molecular weight excluding hydrogens is 270 g/mol. The topological polar surface area (TPSA) is 66.8 Å². The summed E-state index contributed by atoms with van der Waals surface area (Å²) in [5.41, 5.74) is 0.946. The van der Waals surface area contributed by atoms with E-state index in [4.69, 9.17) is 4.74 Å². The van der Waals surface area contributed by atoms with Crippen molar-refractivity contribution in [1.82, 2.24) is 4.90 Å². The average Bonchev–Trinajstić information content (AvgIpc) is 2.89. The Morgan fingerprint density at radius 2 is 2.00 bits per heavy atom. The molecule has 0 aromatic heterocycles. The summed E-state index contributed by atoms with van der Waals surface area (Å²) in [5.74, 6) is -1.34. The number of hydrogen-bond acceptors (Lipinski definition) is 4. The van der Waals surface area contributed by atoms with Crippen LogP contribution in [0.3, 0.4) is 0 Å². The van der Waals surface area contributed by atoms with E-state index in [9.17, 15) is 14.7 Å². The molecule has 1 fully saturated rings. The average molecular weight is 291 g/mol. The Labute approximate surface area is 124 Å². The summed E-state index contributed by atoms with van der Waals surface area (Å²) >= 11 is 0. The van der Waals surface area contributed by atoms with Crippen LogP contribution in [0.1, 0.15) is 18.9 Å². The third-order valence-corrected chi connectivity index (χ3v) is 3.95. The lowest BCUT2D eigenvalue weighted by atomic mass is 9.94. The van der Waals surface area contributed by atoms with Crippen LogP contribution >= 0.6 is 0 Å². The molecular formula is C16H21NO4. The Morgan fingerprint density at radius 3 is 2.57 bits per heavy atom. The second-order valence-corrected chi connectivity index (χ2v) is 5.45. The zero-order valence-electron chi connectivity index (χ0n) is 12.2. The molecule has 1 aliphatic rings. The van der Waals surface area contributed by atoms with Gasteiger partial charge in [-0.15, -0.1) is 0 Å². The monoisotopic (exact) mass is 291 g/mol. The number of carboxylic acid groups (broad SMARTS) is 1. The normalized spacial score (nSPS) is 22.1. The van der Waals surface area contributed by atoms with Crippen LogP contribution in [-0.4, -0.2) is 41.6 Å². The van der Waals surface area contributed by atoms with Crippen LogP contribution in [0.4, 0.5) is 0 Å². The molecule has 0 spiro atoms. The molecule has 0 radical (unpaired) electrons. The maximum atomic E-state index is 11.8. The quantitative estimate of drug-likeness (QED) is 0.809. The van der Waals surface area contributed by atoms with Crippen LogP contribution in [0.25, 0.3) is 0 Å². The molecule has 0 bridgehead atoms. The molecule has 1 N–H and O–H groups in total. The molecule has 1 heterocycles. The van der Waals surface area contributed by atoms with Gasteiger partial charge >= 0.3 is 11.9 Å². The number of benzene rings is 1. The van der Waals surface area contributed by atoms with Gasteiger partial charge in [0.15, 0.2) is 0 Å². The number of likely N-dealkylation sites (tertiary alicyclic amines) is 1. The summed E-state index contributed by atoms with van der Waals surface area (Å²) < 4.78 is 5.23. The molecule has 2 rings (SSSR count). The van der Waals surface area contributed by atoms with Crippen LogP contribution in [0.2, 0.25) is 0 Å². The second-order valence-electron chi connectivity index (χ2n) is 5.45. The maximum Gasteiger partial charge on any atom is 0.320 e. The van der Waals surface area contributed by atoms with E-state index >= 15 is 0 Å². The van der Waals surface area contributed by atoms with Crippen molar-refractivity contribution in [2.75, 3.05) is 19.6 Å². The summed E-state index contributed by atoms with van der Waals surface area (Å²) in [7, 11) is 0. The first kappa shape index (κ1) is 15.5. The van der Waals surface area contributed by atoms with E-state index in [1.807, 2.05) is 42.2 Å². The molecule has 1 aromatic carbocycles. The molecule has 21 heavy (non-hydrogen) atoms. The van der Waals surface area contributed by atoms with Crippen LogP contribution in [-0.2, 0) is 20.9 Å². The fraction of sp³-hybridized carbons (Fsp3) is 0.500. The van der Waals surface area contributed by atoms with Gasteiger partial charge in [0, 0.05) is 13.1 Å². The molecule has 0 aliphatic carbocycles. The highest BCUT2D eigenvalue weighted by Gasteiger charge is 2.37. The standard InChI is InChI=1S/C16H21NO4/c1-2-13-8-17(9-14(13)16(19)20)10-15(18)21-11-12-6-4-3-5-7-12/h3-7,13-14H,2,8-11H2,1H3,(H,19,20)/t13-,14+/m1/s1. The molecule has 1 aromatic rings. The van der Waals surface area contributed by atoms with Gasteiger partial charge < -0.3 is 9.84 Å². The van der Waals surface area contributed by atoms with Crippen LogP contribution in [0, 0.1) is 11.8 Å². The third-order valence-electron chi connectivity index (χ3n) is 3.95. The van der Waals surface area contributed by atoms with Crippen molar-refractivity contribution in [3.05, 3.63) is 35.9 Å². The first-order valence-corrected chi connectivity index (χ1v) is 7.24. The van der Waals surface area contributed by atoms with Crippen molar-refractivity contribution < 1.29 is 19.4 Å². The summed E-state index contributed by atoms with van der Waals surface area (Å²) in [4.78, 5) is 24.9. The van der Waals surface area contributed by atoms with Crippen LogP contribution < -0.4 is 0 Å². The molecule has 0 amide bonds. The maximum absolute atomic E-state index is 11.8. The van der Waals surface area contributed by atoms with E-state index in [0.29, 0.717) is 13.1 Å². The third kappa shape index (κ3) is 4.29. The number of carboxylic acids is 1. The number of nitrogens with zero attached hydrogens (tertiary/aromatic N) is 1. The Kier molecular flexibility index (Phi) is 5.33. The number of carbonyl (C=O) groups is 2. The molecule has 2 atom stereocenters. The van der Waals surface area contributed by atoms with Gasteiger partial charge in [-0.1, -0.05) is 43.7 Å². The molecule has 5 heteroatoms. The van der Waals surface area contributed by atoms with E-state index in [2.05, 4.69) is 0 Å². The second kappa shape index (κ2) is 7.22. The Morgan fingerprint density at radius 1 is 1.29 bits per heavy atom. The highest BCUT2D eigenvalue weighted by Crippen LogP contribution is 2.26. The first-order chi connectivity index (χ1) is 10.1. The van der Waals surface area contributed by atoms with E-state index in [1.165, 1.54) is 0 Å². The Hall–Kier alpha value is -1.88. The number of esters is 1. The lowest BCUT2D eigenvalue weighted by Crippen LogP contribution is -2.30. The minimum absolute atomic E-state index is 0.115. The predicted molar refractivity (Wildman–Crippen MR) is 77.6 cm³/mol. The summed E-state index contributed by atoms with van der Waals surface area (Å²) in [6.07, 6.45) is 0.812. The molecule has 1 aliphatic heterocycles. The van der Waals surface area contributed by atoms with Gasteiger partial charge in [0.2, 0.25) is 0 Å². The zero-order valence-corrected chi connectivity index (χ0v) is 12.2. The Balaban J connectivity index is 1.79. The van der Waals surface area contributed by atoms with Crippen molar-refractivity contribution in [2.45, 2.75) is 20.0 Å². The van der Waals surface area contributed by atoms with Gasteiger partial charge in [0.05, 0.1) is 12.5 Å². The molecule has 114 valence electrons. The highest BCUT2D eigenvalue weighted by atomic mass is 16.5. The minimum Gasteiger partial charge on any atom is -0.481 e. The van der Waals surface area contributed by atoms with Gasteiger partial charge in [-0.25, -0.2) is 0 Å².